The minimum absolute atomic E-state index is 0.764. The number of hydrogen-bond acceptors (Lipinski definition) is 1. The maximum atomic E-state index is 5.66. The van der Waals surface area contributed by atoms with Crippen LogP contribution in [0.2, 0.25) is 0 Å². The fourth-order valence-electron chi connectivity index (χ4n) is 1.68. The predicted octanol–water partition coefficient (Wildman–Crippen LogP) is 4.49. The van der Waals surface area contributed by atoms with Gasteiger partial charge in [-0.25, -0.2) is 0 Å². The summed E-state index contributed by atoms with van der Waals surface area (Å²) in [5, 5.41) is 0. The van der Waals surface area contributed by atoms with Crippen LogP contribution in [0.3, 0.4) is 0 Å². The Morgan fingerprint density at radius 2 is 1.81 bits per heavy atom. The average molecular weight is 218 g/mol. The normalized spacial score (nSPS) is 10.4. The highest BCUT2D eigenvalue weighted by molar-refractivity contribution is 5.29. The van der Waals surface area contributed by atoms with Crippen molar-refractivity contribution in [1.82, 2.24) is 0 Å². The van der Waals surface area contributed by atoms with Crippen molar-refractivity contribution < 1.29 is 4.74 Å². The number of ether oxygens (including phenoxy) is 1. The van der Waals surface area contributed by atoms with Gasteiger partial charge in [-0.3, -0.25) is 0 Å². The molecule has 1 heteroatoms. The van der Waals surface area contributed by atoms with Crippen LogP contribution in [0.15, 0.2) is 24.3 Å². The van der Waals surface area contributed by atoms with E-state index in [0.717, 1.165) is 24.3 Å². The third-order valence-corrected chi connectivity index (χ3v) is 2.62. The molecule has 0 unspecified atom stereocenters. The predicted molar refractivity (Wildman–Crippen MR) is 68.7 cm³/mol. The number of rotatable bonds is 8. The van der Waals surface area contributed by atoms with Crippen molar-refractivity contribution in [3.63, 3.8) is 0 Å². The number of unbranched alkanes of at least 4 members (excludes halogenated alkanes) is 5. The quantitative estimate of drug-likeness (QED) is 0.584. The molecule has 0 saturated heterocycles. The molecule has 1 rings (SSSR count). The van der Waals surface area contributed by atoms with Gasteiger partial charge in [0.2, 0.25) is 0 Å². The van der Waals surface area contributed by atoms with Crippen molar-refractivity contribution in [2.45, 2.75) is 45.4 Å². The zero-order valence-corrected chi connectivity index (χ0v) is 10.2. The lowest BCUT2D eigenvalue weighted by Crippen LogP contribution is -1.97. The molecular weight excluding hydrogens is 196 g/mol. The summed E-state index contributed by atoms with van der Waals surface area (Å²) in [6.07, 6.45) is 7.75. The molecule has 0 aliphatic heterocycles. The Kier molecular flexibility index (Phi) is 6.71. The monoisotopic (exact) mass is 218 g/mol. The van der Waals surface area contributed by atoms with Crippen molar-refractivity contribution in [1.29, 1.82) is 0 Å². The Labute approximate surface area is 99.8 Å². The molecule has 88 valence electrons. The standard InChI is InChI=1S/C15H22O/c1-3-4-5-6-7-8-12-16-15-11-9-10-14(2)13-15/h2,9-11,13H,3-8,12H2,1H3. The van der Waals surface area contributed by atoms with Crippen LogP contribution in [0.25, 0.3) is 0 Å². The van der Waals surface area contributed by atoms with Gasteiger partial charge in [0.05, 0.1) is 6.61 Å². The summed E-state index contributed by atoms with van der Waals surface area (Å²) in [5.41, 5.74) is 0.764. The van der Waals surface area contributed by atoms with Gasteiger partial charge < -0.3 is 4.74 Å². The molecule has 0 amide bonds. The Morgan fingerprint density at radius 1 is 1.06 bits per heavy atom. The Bertz CT molecular complexity index is 281. The van der Waals surface area contributed by atoms with Crippen LogP contribution in [-0.2, 0) is 0 Å². The van der Waals surface area contributed by atoms with Crippen LogP contribution in [0, 0.1) is 6.92 Å². The minimum Gasteiger partial charge on any atom is -0.494 e. The Morgan fingerprint density at radius 3 is 2.56 bits per heavy atom. The maximum absolute atomic E-state index is 5.66. The highest BCUT2D eigenvalue weighted by Gasteiger charge is 1.94. The van der Waals surface area contributed by atoms with E-state index in [1.54, 1.807) is 0 Å². The van der Waals surface area contributed by atoms with Gasteiger partial charge in [-0.15, -0.1) is 0 Å². The molecule has 16 heavy (non-hydrogen) atoms. The van der Waals surface area contributed by atoms with Crippen LogP contribution < -0.4 is 4.74 Å². The third kappa shape index (κ3) is 5.79. The summed E-state index contributed by atoms with van der Waals surface area (Å²) >= 11 is 0. The fraction of sp³-hybridized carbons (Fsp3) is 0.533. The van der Waals surface area contributed by atoms with Gasteiger partial charge in [-0.2, -0.15) is 0 Å². The van der Waals surface area contributed by atoms with E-state index in [1.807, 2.05) is 24.3 Å². The molecule has 1 aromatic rings. The molecule has 0 bridgehead atoms. The molecule has 0 aliphatic rings. The van der Waals surface area contributed by atoms with Gasteiger partial charge in [-0.05, 0) is 31.0 Å². The van der Waals surface area contributed by atoms with Crippen LogP contribution in [0.5, 0.6) is 5.75 Å². The molecule has 2 radical (unpaired) electrons. The summed E-state index contributed by atoms with van der Waals surface area (Å²) in [6.45, 7) is 8.70. The van der Waals surface area contributed by atoms with Gasteiger partial charge in [0, 0.05) is 0 Å². The van der Waals surface area contributed by atoms with E-state index in [1.165, 1.54) is 32.1 Å². The van der Waals surface area contributed by atoms with Crippen LogP contribution >= 0.6 is 0 Å². The molecule has 0 atom stereocenters. The lowest BCUT2D eigenvalue weighted by atomic mass is 10.1. The average Bonchev–Trinajstić information content (AvgIpc) is 2.28. The van der Waals surface area contributed by atoms with Crippen molar-refractivity contribution >= 4 is 0 Å². The third-order valence-electron chi connectivity index (χ3n) is 2.62. The zero-order valence-electron chi connectivity index (χ0n) is 10.2. The lowest BCUT2D eigenvalue weighted by Gasteiger charge is -2.06. The molecule has 0 fully saturated rings. The fourth-order valence-corrected chi connectivity index (χ4v) is 1.68. The topological polar surface area (TPSA) is 9.23 Å². The van der Waals surface area contributed by atoms with E-state index in [9.17, 15) is 0 Å². The number of benzene rings is 1. The SMILES string of the molecule is [CH]c1cccc(OCCCCCCCC)c1. The first-order valence-electron chi connectivity index (χ1n) is 6.31. The van der Waals surface area contributed by atoms with E-state index in [-0.39, 0.29) is 0 Å². The van der Waals surface area contributed by atoms with Gasteiger partial charge in [0.1, 0.15) is 5.75 Å². The molecule has 0 aromatic heterocycles. The highest BCUT2D eigenvalue weighted by Crippen LogP contribution is 2.13. The first-order valence-corrected chi connectivity index (χ1v) is 6.31. The molecule has 0 N–H and O–H groups in total. The molecule has 0 heterocycles. The molecular formula is C15H22O. The molecule has 1 aromatic carbocycles. The second-order valence-electron chi connectivity index (χ2n) is 4.19. The molecule has 0 spiro atoms. The van der Waals surface area contributed by atoms with E-state index in [2.05, 4.69) is 6.92 Å². The van der Waals surface area contributed by atoms with Crippen molar-refractivity contribution in [2.75, 3.05) is 6.61 Å². The van der Waals surface area contributed by atoms with Gasteiger partial charge in [0.25, 0.3) is 0 Å². The summed E-state index contributed by atoms with van der Waals surface area (Å²) in [7, 11) is 0. The Hall–Kier alpha value is -0.980. The minimum atomic E-state index is 0.764. The van der Waals surface area contributed by atoms with Crippen molar-refractivity contribution in [3.8, 4) is 5.75 Å². The van der Waals surface area contributed by atoms with Gasteiger partial charge in [0.15, 0.2) is 0 Å². The first-order chi connectivity index (χ1) is 7.83. The zero-order chi connectivity index (χ0) is 11.6. The second kappa shape index (κ2) is 8.20. The molecule has 0 saturated carbocycles. The lowest BCUT2D eigenvalue weighted by molar-refractivity contribution is 0.304. The van der Waals surface area contributed by atoms with Gasteiger partial charge in [-0.1, -0.05) is 51.2 Å². The summed E-state index contributed by atoms with van der Waals surface area (Å²) in [6, 6.07) is 7.62. The van der Waals surface area contributed by atoms with E-state index < -0.39 is 0 Å². The summed E-state index contributed by atoms with van der Waals surface area (Å²) < 4.78 is 5.61. The maximum Gasteiger partial charge on any atom is 0.119 e. The van der Waals surface area contributed by atoms with E-state index in [0.29, 0.717) is 0 Å². The largest absolute Gasteiger partial charge is 0.494 e. The van der Waals surface area contributed by atoms with Crippen molar-refractivity contribution in [3.05, 3.63) is 36.8 Å². The summed E-state index contributed by atoms with van der Waals surface area (Å²) in [4.78, 5) is 0. The van der Waals surface area contributed by atoms with E-state index >= 15 is 0 Å². The second-order valence-corrected chi connectivity index (χ2v) is 4.19. The molecule has 1 nitrogen and oxygen atoms in total. The van der Waals surface area contributed by atoms with Gasteiger partial charge >= 0.3 is 0 Å². The Balaban J connectivity index is 2.03. The van der Waals surface area contributed by atoms with Crippen LogP contribution in [0.1, 0.15) is 51.0 Å². The van der Waals surface area contributed by atoms with E-state index in [4.69, 9.17) is 11.7 Å². The highest BCUT2D eigenvalue weighted by atomic mass is 16.5. The van der Waals surface area contributed by atoms with Crippen LogP contribution in [-0.4, -0.2) is 6.61 Å². The summed E-state index contributed by atoms with van der Waals surface area (Å²) in [5.74, 6) is 0.883. The smallest absolute Gasteiger partial charge is 0.119 e. The van der Waals surface area contributed by atoms with Crippen molar-refractivity contribution in [2.24, 2.45) is 0 Å². The van der Waals surface area contributed by atoms with Crippen LogP contribution in [0.4, 0.5) is 0 Å². The molecule has 0 aliphatic carbocycles. The first kappa shape index (κ1) is 13.1. The number of hydrogen-bond donors (Lipinski definition) is 0.